The Morgan fingerprint density at radius 1 is 1.23 bits per heavy atom. The van der Waals surface area contributed by atoms with Crippen LogP contribution in [-0.4, -0.2) is 43.1 Å². The first-order valence-electron chi connectivity index (χ1n) is 7.42. The molecule has 124 valence electrons. The predicted octanol–water partition coefficient (Wildman–Crippen LogP) is 3.32. The molecule has 1 fully saturated rings. The number of alkyl halides is 3. The normalized spacial score (nSPS) is 26.2. The summed E-state index contributed by atoms with van der Waals surface area (Å²) in [5.74, 6) is -0.235. The molecule has 0 aromatic heterocycles. The van der Waals surface area contributed by atoms with Gasteiger partial charge in [0.25, 0.3) is 0 Å². The molecule has 2 atom stereocenters. The molecule has 1 aliphatic rings. The Labute approximate surface area is 128 Å². The standard InChI is InChI=1S/C16H22F3NO2/c1-20(2)11-15(10-4-3-5-14(15)21)12-6-8-13(9-7-12)22-16(17,18)19/h6-9,14,21H,3-5,10-11H2,1-2H3. The van der Waals surface area contributed by atoms with Crippen LogP contribution in [0.15, 0.2) is 24.3 Å². The van der Waals surface area contributed by atoms with Gasteiger partial charge in [-0.15, -0.1) is 13.2 Å². The van der Waals surface area contributed by atoms with Gasteiger partial charge in [0.2, 0.25) is 0 Å². The molecular formula is C16H22F3NO2. The van der Waals surface area contributed by atoms with E-state index in [0.29, 0.717) is 13.0 Å². The lowest BCUT2D eigenvalue weighted by atomic mass is 9.67. The Kier molecular flexibility index (Phi) is 5.02. The Bertz CT molecular complexity index is 487. The summed E-state index contributed by atoms with van der Waals surface area (Å²) >= 11 is 0. The summed E-state index contributed by atoms with van der Waals surface area (Å²) < 4.78 is 40.6. The number of benzene rings is 1. The monoisotopic (exact) mass is 317 g/mol. The van der Waals surface area contributed by atoms with Crippen molar-refractivity contribution in [2.45, 2.75) is 43.6 Å². The first kappa shape index (κ1) is 17.1. The quantitative estimate of drug-likeness (QED) is 0.925. The Morgan fingerprint density at radius 2 is 1.86 bits per heavy atom. The second-order valence-corrected chi connectivity index (χ2v) is 6.23. The molecule has 0 amide bonds. The van der Waals surface area contributed by atoms with Gasteiger partial charge in [-0.2, -0.15) is 0 Å². The zero-order valence-electron chi connectivity index (χ0n) is 12.9. The SMILES string of the molecule is CN(C)CC1(c2ccc(OC(F)(F)F)cc2)CCCCC1O. The van der Waals surface area contributed by atoms with Crippen LogP contribution in [0.1, 0.15) is 31.2 Å². The number of hydrogen-bond acceptors (Lipinski definition) is 3. The molecule has 2 rings (SSSR count). The van der Waals surface area contributed by atoms with E-state index in [1.165, 1.54) is 12.1 Å². The highest BCUT2D eigenvalue weighted by Crippen LogP contribution is 2.41. The molecule has 6 heteroatoms. The van der Waals surface area contributed by atoms with Crippen LogP contribution in [-0.2, 0) is 5.41 Å². The number of aliphatic hydroxyl groups excluding tert-OH is 1. The fourth-order valence-electron chi connectivity index (χ4n) is 3.39. The summed E-state index contributed by atoms with van der Waals surface area (Å²) in [5, 5.41) is 10.5. The van der Waals surface area contributed by atoms with E-state index < -0.39 is 17.9 Å². The van der Waals surface area contributed by atoms with Crippen LogP contribution >= 0.6 is 0 Å². The molecule has 0 bridgehead atoms. The number of halogens is 3. The van der Waals surface area contributed by atoms with Crippen LogP contribution < -0.4 is 4.74 Å². The van der Waals surface area contributed by atoms with Gasteiger partial charge >= 0.3 is 6.36 Å². The van der Waals surface area contributed by atoms with E-state index in [2.05, 4.69) is 4.74 Å². The minimum atomic E-state index is -4.69. The molecule has 0 aliphatic heterocycles. The molecule has 22 heavy (non-hydrogen) atoms. The number of likely N-dealkylation sites (N-methyl/N-ethyl adjacent to an activating group) is 1. The molecule has 3 nitrogen and oxygen atoms in total. The van der Waals surface area contributed by atoms with Crippen LogP contribution in [0, 0.1) is 0 Å². The average molecular weight is 317 g/mol. The van der Waals surface area contributed by atoms with Crippen molar-refractivity contribution in [1.29, 1.82) is 0 Å². The van der Waals surface area contributed by atoms with Crippen molar-refractivity contribution in [2.75, 3.05) is 20.6 Å². The smallest absolute Gasteiger partial charge is 0.406 e. The number of rotatable bonds is 4. The zero-order chi connectivity index (χ0) is 16.4. The molecule has 1 aromatic rings. The average Bonchev–Trinajstić information content (AvgIpc) is 2.40. The second kappa shape index (κ2) is 6.46. The van der Waals surface area contributed by atoms with Crippen molar-refractivity contribution in [3.05, 3.63) is 29.8 Å². The predicted molar refractivity (Wildman–Crippen MR) is 77.8 cm³/mol. The highest BCUT2D eigenvalue weighted by Gasteiger charge is 2.42. The lowest BCUT2D eigenvalue weighted by Gasteiger charge is -2.43. The van der Waals surface area contributed by atoms with Gasteiger partial charge in [-0.25, -0.2) is 0 Å². The van der Waals surface area contributed by atoms with Crippen LogP contribution in [0.4, 0.5) is 13.2 Å². The Morgan fingerprint density at radius 3 is 2.36 bits per heavy atom. The third kappa shape index (κ3) is 3.93. The summed E-state index contributed by atoms with van der Waals surface area (Å²) in [4.78, 5) is 2.01. The van der Waals surface area contributed by atoms with Gasteiger partial charge in [0.15, 0.2) is 0 Å². The Hall–Kier alpha value is -1.27. The molecular weight excluding hydrogens is 295 g/mol. The minimum Gasteiger partial charge on any atom is -0.406 e. The fourth-order valence-corrected chi connectivity index (χ4v) is 3.39. The third-order valence-corrected chi connectivity index (χ3v) is 4.25. The summed E-state index contributed by atoms with van der Waals surface area (Å²) in [7, 11) is 3.87. The first-order valence-corrected chi connectivity index (χ1v) is 7.42. The molecule has 0 spiro atoms. The highest BCUT2D eigenvalue weighted by molar-refractivity contribution is 5.34. The summed E-state index contributed by atoms with van der Waals surface area (Å²) in [6.07, 6.45) is -1.65. The molecule has 1 aromatic carbocycles. The number of hydrogen-bond donors (Lipinski definition) is 1. The van der Waals surface area contributed by atoms with E-state index in [-0.39, 0.29) is 5.75 Å². The maximum absolute atomic E-state index is 12.2. The third-order valence-electron chi connectivity index (χ3n) is 4.25. The molecule has 1 aliphatic carbocycles. The van der Waals surface area contributed by atoms with Gasteiger partial charge in [-0.3, -0.25) is 0 Å². The van der Waals surface area contributed by atoms with Gasteiger partial charge in [0, 0.05) is 12.0 Å². The van der Waals surface area contributed by atoms with Crippen molar-refractivity contribution in [3.8, 4) is 5.75 Å². The van der Waals surface area contributed by atoms with E-state index in [1.54, 1.807) is 12.1 Å². The van der Waals surface area contributed by atoms with Crippen molar-refractivity contribution < 1.29 is 23.0 Å². The van der Waals surface area contributed by atoms with Crippen LogP contribution in [0.25, 0.3) is 0 Å². The maximum atomic E-state index is 12.2. The molecule has 1 saturated carbocycles. The number of aliphatic hydroxyl groups is 1. The Balaban J connectivity index is 2.28. The van der Waals surface area contributed by atoms with E-state index in [0.717, 1.165) is 24.8 Å². The molecule has 0 radical (unpaired) electrons. The summed E-state index contributed by atoms with van der Waals surface area (Å²) in [6.45, 7) is 0.660. The molecule has 1 N–H and O–H groups in total. The van der Waals surface area contributed by atoms with Gasteiger partial charge in [0.05, 0.1) is 6.10 Å². The topological polar surface area (TPSA) is 32.7 Å². The summed E-state index contributed by atoms with van der Waals surface area (Å²) in [6, 6.07) is 5.92. The van der Waals surface area contributed by atoms with E-state index in [4.69, 9.17) is 0 Å². The zero-order valence-corrected chi connectivity index (χ0v) is 12.9. The van der Waals surface area contributed by atoms with E-state index in [1.807, 2.05) is 19.0 Å². The number of nitrogens with zero attached hydrogens (tertiary/aromatic N) is 1. The second-order valence-electron chi connectivity index (χ2n) is 6.23. The fraction of sp³-hybridized carbons (Fsp3) is 0.625. The van der Waals surface area contributed by atoms with Gasteiger partial charge < -0.3 is 14.7 Å². The van der Waals surface area contributed by atoms with Crippen LogP contribution in [0.5, 0.6) is 5.75 Å². The lowest BCUT2D eigenvalue weighted by molar-refractivity contribution is -0.274. The van der Waals surface area contributed by atoms with Crippen molar-refractivity contribution in [1.82, 2.24) is 4.90 Å². The minimum absolute atomic E-state index is 0.235. The van der Waals surface area contributed by atoms with Crippen molar-refractivity contribution in [3.63, 3.8) is 0 Å². The summed E-state index contributed by atoms with van der Waals surface area (Å²) in [5.41, 5.74) is 0.432. The molecule has 2 unspecified atom stereocenters. The lowest BCUT2D eigenvalue weighted by Crippen LogP contribution is -2.49. The molecule has 0 heterocycles. The maximum Gasteiger partial charge on any atom is 0.573 e. The van der Waals surface area contributed by atoms with Gasteiger partial charge in [0.1, 0.15) is 5.75 Å². The number of ether oxygens (including phenoxy) is 1. The van der Waals surface area contributed by atoms with Gasteiger partial charge in [-0.1, -0.05) is 25.0 Å². The molecule has 0 saturated heterocycles. The van der Waals surface area contributed by atoms with E-state index in [9.17, 15) is 18.3 Å². The van der Waals surface area contributed by atoms with Crippen molar-refractivity contribution in [2.24, 2.45) is 0 Å². The van der Waals surface area contributed by atoms with Crippen LogP contribution in [0.3, 0.4) is 0 Å². The van der Waals surface area contributed by atoms with E-state index >= 15 is 0 Å². The van der Waals surface area contributed by atoms with Gasteiger partial charge in [-0.05, 0) is 44.6 Å². The van der Waals surface area contributed by atoms with Crippen molar-refractivity contribution >= 4 is 0 Å². The largest absolute Gasteiger partial charge is 0.573 e. The highest BCUT2D eigenvalue weighted by atomic mass is 19.4. The van der Waals surface area contributed by atoms with Crippen LogP contribution in [0.2, 0.25) is 0 Å². The first-order chi connectivity index (χ1) is 10.2.